The molecule has 0 aliphatic carbocycles. The van der Waals surface area contributed by atoms with Crippen LogP contribution in [-0.2, 0) is 9.47 Å². The van der Waals surface area contributed by atoms with Crippen molar-refractivity contribution in [3.8, 4) is 0 Å². The van der Waals surface area contributed by atoms with E-state index in [-0.39, 0.29) is 29.4 Å². The number of rotatable bonds is 5. The highest BCUT2D eigenvalue weighted by molar-refractivity contribution is 5.95. The average Bonchev–Trinajstić information content (AvgIpc) is 2.53. The van der Waals surface area contributed by atoms with E-state index in [9.17, 15) is 14.9 Å². The van der Waals surface area contributed by atoms with E-state index in [1.807, 2.05) is 11.8 Å². The van der Waals surface area contributed by atoms with Gasteiger partial charge < -0.3 is 19.7 Å². The van der Waals surface area contributed by atoms with Crippen molar-refractivity contribution in [2.45, 2.75) is 19.1 Å². The first-order chi connectivity index (χ1) is 11.0. The van der Waals surface area contributed by atoms with Gasteiger partial charge in [0, 0.05) is 38.9 Å². The number of hydrogen-bond acceptors (Lipinski definition) is 6. The van der Waals surface area contributed by atoms with Gasteiger partial charge in [-0.3, -0.25) is 14.9 Å². The predicted molar refractivity (Wildman–Crippen MR) is 84.9 cm³/mol. The lowest BCUT2D eigenvalue weighted by Crippen LogP contribution is -2.48. The molecule has 1 N–H and O–H groups in total. The van der Waals surface area contributed by atoms with Crippen LogP contribution in [-0.4, -0.2) is 56.9 Å². The SMILES string of the molecule is CNC(=O)c1ccc(N2CC(C)OC(COC)C2)c([N+](=O)[O-])c1. The van der Waals surface area contributed by atoms with Crippen LogP contribution >= 0.6 is 0 Å². The molecular formula is C15H21N3O5. The third-order valence-electron chi connectivity index (χ3n) is 3.68. The van der Waals surface area contributed by atoms with Crippen molar-refractivity contribution in [2.75, 3.05) is 38.8 Å². The lowest BCUT2D eigenvalue weighted by atomic mass is 10.1. The largest absolute Gasteiger partial charge is 0.382 e. The molecule has 2 rings (SSSR count). The highest BCUT2D eigenvalue weighted by atomic mass is 16.6. The molecule has 1 heterocycles. The number of anilines is 1. The van der Waals surface area contributed by atoms with E-state index < -0.39 is 4.92 Å². The quantitative estimate of drug-likeness (QED) is 0.646. The standard InChI is InChI=1S/C15H21N3O5/c1-10-7-17(8-12(23-10)9-22-3)13-5-4-11(15(19)16-2)6-14(13)18(20)21/h4-6,10,12H,7-9H2,1-3H3,(H,16,19). The molecule has 126 valence electrons. The van der Waals surface area contributed by atoms with E-state index >= 15 is 0 Å². The second-order valence-electron chi connectivity index (χ2n) is 5.47. The van der Waals surface area contributed by atoms with Crippen molar-refractivity contribution >= 4 is 17.3 Å². The summed E-state index contributed by atoms with van der Waals surface area (Å²) >= 11 is 0. The first-order valence-electron chi connectivity index (χ1n) is 7.36. The summed E-state index contributed by atoms with van der Waals surface area (Å²) in [6, 6.07) is 4.51. The first-order valence-corrected chi connectivity index (χ1v) is 7.36. The molecule has 0 bridgehead atoms. The monoisotopic (exact) mass is 323 g/mol. The Morgan fingerprint density at radius 1 is 1.52 bits per heavy atom. The summed E-state index contributed by atoms with van der Waals surface area (Å²) < 4.78 is 10.9. The highest BCUT2D eigenvalue weighted by Gasteiger charge is 2.29. The minimum Gasteiger partial charge on any atom is -0.382 e. The van der Waals surface area contributed by atoms with Gasteiger partial charge in [0.25, 0.3) is 11.6 Å². The van der Waals surface area contributed by atoms with Crippen molar-refractivity contribution in [1.29, 1.82) is 0 Å². The van der Waals surface area contributed by atoms with Crippen LogP contribution in [0.4, 0.5) is 11.4 Å². The third kappa shape index (κ3) is 3.96. The normalized spacial score (nSPS) is 21.1. The fourth-order valence-electron chi connectivity index (χ4n) is 2.74. The lowest BCUT2D eigenvalue weighted by molar-refractivity contribution is -0.384. The minimum atomic E-state index is -0.465. The predicted octanol–water partition coefficient (Wildman–Crippen LogP) is 1.19. The summed E-state index contributed by atoms with van der Waals surface area (Å²) in [5.41, 5.74) is 0.660. The fraction of sp³-hybridized carbons (Fsp3) is 0.533. The molecular weight excluding hydrogens is 302 g/mol. The van der Waals surface area contributed by atoms with Crippen LogP contribution in [0.3, 0.4) is 0 Å². The van der Waals surface area contributed by atoms with Crippen LogP contribution < -0.4 is 10.2 Å². The smallest absolute Gasteiger partial charge is 0.293 e. The number of nitro groups is 1. The van der Waals surface area contributed by atoms with Gasteiger partial charge >= 0.3 is 0 Å². The third-order valence-corrected chi connectivity index (χ3v) is 3.68. The van der Waals surface area contributed by atoms with Crippen molar-refractivity contribution in [1.82, 2.24) is 5.32 Å². The molecule has 0 radical (unpaired) electrons. The molecule has 23 heavy (non-hydrogen) atoms. The molecule has 1 aliphatic heterocycles. The Balaban J connectivity index is 2.33. The zero-order valence-electron chi connectivity index (χ0n) is 13.4. The summed E-state index contributed by atoms with van der Waals surface area (Å²) in [6.45, 7) is 3.38. The van der Waals surface area contributed by atoms with E-state index in [1.54, 1.807) is 19.2 Å². The van der Waals surface area contributed by atoms with Crippen molar-refractivity contribution < 1.29 is 19.2 Å². The van der Waals surface area contributed by atoms with Crippen LogP contribution in [0.2, 0.25) is 0 Å². The van der Waals surface area contributed by atoms with Crippen LogP contribution in [0.25, 0.3) is 0 Å². The Hall–Kier alpha value is -2.19. The number of nitrogens with one attached hydrogen (secondary N) is 1. The number of hydrogen-bond donors (Lipinski definition) is 1. The summed E-state index contributed by atoms with van der Waals surface area (Å²) in [4.78, 5) is 24.5. The molecule has 1 amide bonds. The maximum absolute atomic E-state index is 11.7. The van der Waals surface area contributed by atoms with Crippen molar-refractivity contribution in [2.24, 2.45) is 0 Å². The Morgan fingerprint density at radius 2 is 2.26 bits per heavy atom. The number of carbonyl (C=O) groups excluding carboxylic acids is 1. The molecule has 1 fully saturated rings. The summed E-state index contributed by atoms with van der Waals surface area (Å²) in [5.74, 6) is -0.354. The number of ether oxygens (including phenoxy) is 2. The number of amides is 1. The Kier molecular flexibility index (Phi) is 5.51. The van der Waals surface area contributed by atoms with Crippen LogP contribution in [0.15, 0.2) is 18.2 Å². The summed E-state index contributed by atoms with van der Waals surface area (Å²) in [7, 11) is 3.08. The average molecular weight is 323 g/mol. The highest BCUT2D eigenvalue weighted by Crippen LogP contribution is 2.31. The molecule has 8 heteroatoms. The van der Waals surface area contributed by atoms with Crippen molar-refractivity contribution in [3.63, 3.8) is 0 Å². The molecule has 2 atom stereocenters. The molecule has 8 nitrogen and oxygen atoms in total. The number of benzene rings is 1. The Morgan fingerprint density at radius 3 is 2.87 bits per heavy atom. The van der Waals surface area contributed by atoms with Gasteiger partial charge in [-0.1, -0.05) is 0 Å². The van der Waals surface area contributed by atoms with E-state index in [0.717, 1.165) is 0 Å². The minimum absolute atomic E-state index is 0.0675. The molecule has 1 aromatic carbocycles. The van der Waals surface area contributed by atoms with E-state index in [2.05, 4.69) is 5.32 Å². The lowest BCUT2D eigenvalue weighted by Gasteiger charge is -2.37. The van der Waals surface area contributed by atoms with Gasteiger partial charge in [-0.05, 0) is 19.1 Å². The second kappa shape index (κ2) is 7.38. The fourth-order valence-corrected chi connectivity index (χ4v) is 2.74. The summed E-state index contributed by atoms with van der Waals surface area (Å²) in [5, 5.41) is 13.9. The molecule has 0 aromatic heterocycles. The molecule has 0 saturated carbocycles. The second-order valence-corrected chi connectivity index (χ2v) is 5.47. The zero-order chi connectivity index (χ0) is 17.0. The van der Waals surface area contributed by atoms with E-state index in [0.29, 0.717) is 25.4 Å². The summed E-state index contributed by atoms with van der Waals surface area (Å²) in [6.07, 6.45) is -0.218. The number of carbonyl (C=O) groups is 1. The molecule has 1 aromatic rings. The molecule has 0 spiro atoms. The number of morpholine rings is 1. The zero-order valence-corrected chi connectivity index (χ0v) is 13.4. The van der Waals surface area contributed by atoms with Gasteiger partial charge in [0.2, 0.25) is 0 Å². The molecule has 2 unspecified atom stereocenters. The maximum atomic E-state index is 11.7. The molecule has 1 saturated heterocycles. The number of nitrogens with zero attached hydrogens (tertiary/aromatic N) is 2. The van der Waals surface area contributed by atoms with Crippen LogP contribution in [0.5, 0.6) is 0 Å². The maximum Gasteiger partial charge on any atom is 0.293 e. The van der Waals surface area contributed by atoms with Gasteiger partial charge in [0.1, 0.15) is 5.69 Å². The van der Waals surface area contributed by atoms with Gasteiger partial charge in [0.15, 0.2) is 0 Å². The van der Waals surface area contributed by atoms with Gasteiger partial charge in [-0.15, -0.1) is 0 Å². The van der Waals surface area contributed by atoms with Crippen LogP contribution in [0, 0.1) is 10.1 Å². The van der Waals surface area contributed by atoms with E-state index in [1.165, 1.54) is 13.1 Å². The molecule has 1 aliphatic rings. The Labute approximate surface area is 134 Å². The topological polar surface area (TPSA) is 93.9 Å². The van der Waals surface area contributed by atoms with E-state index in [4.69, 9.17) is 9.47 Å². The van der Waals surface area contributed by atoms with Gasteiger partial charge in [-0.2, -0.15) is 0 Å². The van der Waals surface area contributed by atoms with Crippen molar-refractivity contribution in [3.05, 3.63) is 33.9 Å². The number of methoxy groups -OCH3 is 1. The first kappa shape index (κ1) is 17.2. The van der Waals surface area contributed by atoms with Crippen LogP contribution in [0.1, 0.15) is 17.3 Å². The van der Waals surface area contributed by atoms with Gasteiger partial charge in [0.05, 0.1) is 23.7 Å². The Bertz CT molecular complexity index is 592. The van der Waals surface area contributed by atoms with Gasteiger partial charge in [-0.25, -0.2) is 0 Å². The number of nitro benzene ring substituents is 1.